The highest BCUT2D eigenvalue weighted by Crippen LogP contribution is 2.30. The van der Waals surface area contributed by atoms with Gasteiger partial charge in [0, 0.05) is 0 Å². The lowest BCUT2D eigenvalue weighted by Crippen LogP contribution is -2.19. The second-order valence-electron chi connectivity index (χ2n) is 6.14. The van der Waals surface area contributed by atoms with Crippen molar-refractivity contribution >= 4 is 9.84 Å². The molecular formula is C16H25NO4S. The highest BCUT2D eigenvalue weighted by Gasteiger charge is 2.24. The van der Waals surface area contributed by atoms with Crippen LogP contribution in [0.15, 0.2) is 23.1 Å². The number of hydrogen-bond donors (Lipinski definition) is 3. The molecule has 1 saturated carbocycles. The molecule has 0 spiro atoms. The van der Waals surface area contributed by atoms with Gasteiger partial charge in [0.1, 0.15) is 5.75 Å². The van der Waals surface area contributed by atoms with Crippen molar-refractivity contribution in [2.45, 2.75) is 49.5 Å². The van der Waals surface area contributed by atoms with E-state index in [1.54, 1.807) is 0 Å². The van der Waals surface area contributed by atoms with Gasteiger partial charge in [-0.15, -0.1) is 0 Å². The first-order valence-corrected chi connectivity index (χ1v) is 9.52. The van der Waals surface area contributed by atoms with Crippen LogP contribution in [-0.4, -0.2) is 30.9 Å². The summed E-state index contributed by atoms with van der Waals surface area (Å²) in [6.07, 6.45) is 4.70. The maximum Gasteiger partial charge on any atom is 0.178 e. The van der Waals surface area contributed by atoms with Crippen LogP contribution in [0, 0.1) is 5.92 Å². The Morgan fingerprint density at radius 1 is 1.18 bits per heavy atom. The molecule has 6 heteroatoms. The van der Waals surface area contributed by atoms with Crippen molar-refractivity contribution in [3.05, 3.63) is 23.8 Å². The standard InChI is InChI=1S/C16H25NO4S/c17-7-6-16(19)13-8-14(18)10-15(9-13)22(20,21)11-12-4-2-1-3-5-12/h8-10,12,16,18-19H,1-7,11,17H2. The quantitative estimate of drug-likeness (QED) is 0.743. The molecule has 5 nitrogen and oxygen atoms in total. The van der Waals surface area contributed by atoms with Gasteiger partial charge in [-0.25, -0.2) is 8.42 Å². The summed E-state index contributed by atoms with van der Waals surface area (Å²) in [6.45, 7) is 0.293. The van der Waals surface area contributed by atoms with Crippen LogP contribution < -0.4 is 5.73 Å². The van der Waals surface area contributed by atoms with E-state index in [1.807, 2.05) is 0 Å². The van der Waals surface area contributed by atoms with E-state index in [4.69, 9.17) is 5.73 Å². The molecule has 22 heavy (non-hydrogen) atoms. The highest BCUT2D eigenvalue weighted by atomic mass is 32.2. The molecule has 0 aliphatic heterocycles. The molecule has 0 heterocycles. The summed E-state index contributed by atoms with van der Waals surface area (Å²) in [5, 5.41) is 19.7. The van der Waals surface area contributed by atoms with Crippen LogP contribution in [0.2, 0.25) is 0 Å². The Hall–Kier alpha value is -1.11. The van der Waals surface area contributed by atoms with Gasteiger partial charge < -0.3 is 15.9 Å². The number of phenolic OH excluding ortho intramolecular Hbond substituents is 1. The van der Waals surface area contributed by atoms with E-state index in [9.17, 15) is 18.6 Å². The number of benzene rings is 1. The van der Waals surface area contributed by atoms with E-state index in [0.717, 1.165) is 25.7 Å². The fraction of sp³-hybridized carbons (Fsp3) is 0.625. The van der Waals surface area contributed by atoms with Crippen molar-refractivity contribution < 1.29 is 18.6 Å². The molecule has 4 N–H and O–H groups in total. The summed E-state index contributed by atoms with van der Waals surface area (Å²) in [5.74, 6) is 0.164. The Morgan fingerprint density at radius 2 is 1.86 bits per heavy atom. The van der Waals surface area contributed by atoms with E-state index in [1.165, 1.54) is 24.6 Å². The molecular weight excluding hydrogens is 302 g/mol. The summed E-state index contributed by atoms with van der Waals surface area (Å²) in [5.41, 5.74) is 5.81. The fourth-order valence-electron chi connectivity index (χ4n) is 3.06. The van der Waals surface area contributed by atoms with Crippen molar-refractivity contribution in [1.29, 1.82) is 0 Å². The Bertz CT molecular complexity index is 594. The summed E-state index contributed by atoms with van der Waals surface area (Å²) >= 11 is 0. The van der Waals surface area contributed by atoms with Crippen molar-refractivity contribution in [1.82, 2.24) is 0 Å². The van der Waals surface area contributed by atoms with Crippen molar-refractivity contribution in [2.75, 3.05) is 12.3 Å². The minimum Gasteiger partial charge on any atom is -0.508 e. The van der Waals surface area contributed by atoms with E-state index in [0.29, 0.717) is 18.5 Å². The molecule has 1 aliphatic carbocycles. The molecule has 0 radical (unpaired) electrons. The van der Waals surface area contributed by atoms with Crippen LogP contribution in [0.25, 0.3) is 0 Å². The Kier molecular flexibility index (Phi) is 5.83. The normalized spacial score (nSPS) is 18.3. The molecule has 1 fully saturated rings. The zero-order valence-corrected chi connectivity index (χ0v) is 13.6. The average Bonchev–Trinajstić information content (AvgIpc) is 2.47. The number of sulfone groups is 1. The molecule has 0 bridgehead atoms. The first-order chi connectivity index (χ1) is 10.4. The average molecular weight is 327 g/mol. The van der Waals surface area contributed by atoms with Crippen LogP contribution >= 0.6 is 0 Å². The van der Waals surface area contributed by atoms with Crippen LogP contribution in [0.4, 0.5) is 0 Å². The molecule has 1 unspecified atom stereocenters. The second kappa shape index (κ2) is 7.44. The van der Waals surface area contributed by atoms with E-state index in [2.05, 4.69) is 0 Å². The van der Waals surface area contributed by atoms with Crippen molar-refractivity contribution in [3.63, 3.8) is 0 Å². The molecule has 1 aliphatic rings. The summed E-state index contributed by atoms with van der Waals surface area (Å²) in [7, 11) is -3.46. The summed E-state index contributed by atoms with van der Waals surface area (Å²) < 4.78 is 25.1. The van der Waals surface area contributed by atoms with Crippen LogP contribution in [0.1, 0.15) is 50.2 Å². The number of nitrogens with two attached hydrogens (primary N) is 1. The minimum atomic E-state index is -3.46. The molecule has 1 atom stereocenters. The van der Waals surface area contributed by atoms with Crippen LogP contribution in [0.5, 0.6) is 5.75 Å². The van der Waals surface area contributed by atoms with Crippen molar-refractivity contribution in [2.24, 2.45) is 11.7 Å². The molecule has 2 rings (SSSR count). The lowest BCUT2D eigenvalue weighted by atomic mass is 9.91. The van der Waals surface area contributed by atoms with Crippen LogP contribution in [-0.2, 0) is 9.84 Å². The number of phenols is 1. The zero-order chi connectivity index (χ0) is 16.2. The van der Waals surface area contributed by atoms with Crippen LogP contribution in [0.3, 0.4) is 0 Å². The topological polar surface area (TPSA) is 101 Å². The molecule has 1 aromatic carbocycles. The molecule has 0 saturated heterocycles. The first-order valence-electron chi connectivity index (χ1n) is 7.87. The molecule has 0 aromatic heterocycles. The number of aromatic hydroxyl groups is 1. The Labute approximate surface area is 132 Å². The second-order valence-corrected chi connectivity index (χ2v) is 8.17. The third kappa shape index (κ3) is 4.44. The zero-order valence-electron chi connectivity index (χ0n) is 12.7. The summed E-state index contributed by atoms with van der Waals surface area (Å²) in [4.78, 5) is 0.0872. The smallest absolute Gasteiger partial charge is 0.178 e. The summed E-state index contributed by atoms with van der Waals surface area (Å²) in [6, 6.07) is 4.11. The third-order valence-electron chi connectivity index (χ3n) is 4.28. The lowest BCUT2D eigenvalue weighted by molar-refractivity contribution is 0.169. The predicted molar refractivity (Wildman–Crippen MR) is 85.4 cm³/mol. The van der Waals surface area contributed by atoms with Gasteiger partial charge in [0.25, 0.3) is 0 Å². The Morgan fingerprint density at radius 3 is 2.50 bits per heavy atom. The van der Waals surface area contributed by atoms with Gasteiger partial charge in [-0.3, -0.25) is 0 Å². The predicted octanol–water partition coefficient (Wildman–Crippen LogP) is 2.13. The van der Waals surface area contributed by atoms with E-state index >= 15 is 0 Å². The monoisotopic (exact) mass is 327 g/mol. The number of hydrogen-bond acceptors (Lipinski definition) is 5. The first kappa shape index (κ1) is 17.2. The van der Waals surface area contributed by atoms with E-state index in [-0.39, 0.29) is 22.3 Å². The molecule has 124 valence electrons. The van der Waals surface area contributed by atoms with Crippen molar-refractivity contribution in [3.8, 4) is 5.75 Å². The lowest BCUT2D eigenvalue weighted by Gasteiger charge is -2.21. The highest BCUT2D eigenvalue weighted by molar-refractivity contribution is 7.91. The van der Waals surface area contributed by atoms with E-state index < -0.39 is 15.9 Å². The van der Waals surface area contributed by atoms with Gasteiger partial charge in [0.05, 0.1) is 16.8 Å². The maximum absolute atomic E-state index is 12.6. The number of aliphatic hydroxyl groups excluding tert-OH is 1. The maximum atomic E-state index is 12.6. The third-order valence-corrected chi connectivity index (χ3v) is 6.14. The Balaban J connectivity index is 2.22. The van der Waals surface area contributed by atoms with Gasteiger partial charge in [-0.2, -0.15) is 0 Å². The van der Waals surface area contributed by atoms with Gasteiger partial charge in [-0.1, -0.05) is 19.3 Å². The fourth-order valence-corrected chi connectivity index (χ4v) is 4.82. The largest absolute Gasteiger partial charge is 0.508 e. The number of rotatable bonds is 6. The minimum absolute atomic E-state index is 0.0872. The van der Waals surface area contributed by atoms with Gasteiger partial charge in [-0.05, 0) is 55.5 Å². The number of aliphatic hydroxyl groups is 1. The van der Waals surface area contributed by atoms with Gasteiger partial charge in [0.2, 0.25) is 0 Å². The van der Waals surface area contributed by atoms with Gasteiger partial charge in [0.15, 0.2) is 9.84 Å². The van der Waals surface area contributed by atoms with Gasteiger partial charge >= 0.3 is 0 Å². The SMILES string of the molecule is NCCC(O)c1cc(O)cc(S(=O)(=O)CC2CCCCC2)c1. The molecule has 0 amide bonds. The molecule has 1 aromatic rings.